The van der Waals surface area contributed by atoms with E-state index in [-0.39, 0.29) is 0 Å². The molecule has 2 atom stereocenters. The van der Waals surface area contributed by atoms with Crippen LogP contribution in [0.25, 0.3) is 0 Å². The highest BCUT2D eigenvalue weighted by Gasteiger charge is 2.23. The molecule has 1 aromatic rings. The van der Waals surface area contributed by atoms with Crippen LogP contribution >= 0.6 is 0 Å². The van der Waals surface area contributed by atoms with E-state index < -0.39 is 0 Å². The zero-order valence-electron chi connectivity index (χ0n) is 10.6. The second-order valence-corrected chi connectivity index (χ2v) is 4.81. The molecule has 2 rings (SSSR count). The molecule has 4 heteroatoms. The first-order chi connectivity index (χ1) is 8.29. The van der Waals surface area contributed by atoms with Crippen LogP contribution in [0.4, 0.5) is 0 Å². The minimum atomic E-state index is 0.313. The Hall–Kier alpha value is -1.16. The summed E-state index contributed by atoms with van der Waals surface area (Å²) in [6.45, 7) is 3.00. The summed E-state index contributed by atoms with van der Waals surface area (Å²) in [5.41, 5.74) is 0.941. The lowest BCUT2D eigenvalue weighted by molar-refractivity contribution is 0.0964. The van der Waals surface area contributed by atoms with E-state index in [1.54, 1.807) is 0 Å². The van der Waals surface area contributed by atoms with Crippen LogP contribution in [-0.2, 0) is 6.54 Å². The third-order valence-corrected chi connectivity index (χ3v) is 3.36. The molecule has 94 valence electrons. The van der Waals surface area contributed by atoms with Crippen molar-refractivity contribution in [2.75, 3.05) is 7.05 Å². The van der Waals surface area contributed by atoms with Crippen molar-refractivity contribution >= 4 is 0 Å². The smallest absolute Gasteiger partial charge is 0.233 e. The molecular weight excluding hydrogens is 214 g/mol. The van der Waals surface area contributed by atoms with Crippen LogP contribution in [0.5, 0.6) is 5.88 Å². The highest BCUT2D eigenvalue weighted by Crippen LogP contribution is 2.27. The Bertz CT molecular complexity index is 339. The fourth-order valence-electron chi connectivity index (χ4n) is 2.30. The van der Waals surface area contributed by atoms with Crippen molar-refractivity contribution in [3.8, 4) is 5.88 Å². The van der Waals surface area contributed by atoms with Gasteiger partial charge < -0.3 is 10.1 Å². The minimum Gasteiger partial charge on any atom is -0.473 e. The third kappa shape index (κ3) is 3.40. The van der Waals surface area contributed by atoms with E-state index in [1.807, 2.05) is 19.2 Å². The molecule has 2 unspecified atom stereocenters. The quantitative estimate of drug-likeness (QED) is 0.868. The van der Waals surface area contributed by atoms with E-state index in [0.29, 0.717) is 17.9 Å². The average molecular weight is 235 g/mol. The van der Waals surface area contributed by atoms with E-state index in [9.17, 15) is 0 Å². The van der Waals surface area contributed by atoms with Crippen LogP contribution < -0.4 is 10.1 Å². The monoisotopic (exact) mass is 235 g/mol. The van der Waals surface area contributed by atoms with Gasteiger partial charge in [0.1, 0.15) is 6.10 Å². The number of hydrogen-bond acceptors (Lipinski definition) is 4. The van der Waals surface area contributed by atoms with Gasteiger partial charge in [-0.05, 0) is 38.3 Å². The molecule has 0 aliphatic heterocycles. The first-order valence-corrected chi connectivity index (χ1v) is 6.43. The Morgan fingerprint density at radius 1 is 1.29 bits per heavy atom. The van der Waals surface area contributed by atoms with Crippen LogP contribution in [0.15, 0.2) is 12.1 Å². The Morgan fingerprint density at radius 3 is 2.76 bits per heavy atom. The lowest BCUT2D eigenvalue weighted by Crippen LogP contribution is -2.28. The van der Waals surface area contributed by atoms with Crippen LogP contribution in [0.3, 0.4) is 0 Å². The molecule has 0 amide bonds. The van der Waals surface area contributed by atoms with Gasteiger partial charge in [-0.25, -0.2) is 0 Å². The highest BCUT2D eigenvalue weighted by molar-refractivity contribution is 5.11. The first kappa shape index (κ1) is 12.3. The van der Waals surface area contributed by atoms with Gasteiger partial charge in [-0.1, -0.05) is 13.3 Å². The fourth-order valence-corrected chi connectivity index (χ4v) is 2.30. The Labute approximate surface area is 103 Å². The molecule has 0 radical (unpaired) electrons. The Morgan fingerprint density at radius 2 is 2.12 bits per heavy atom. The first-order valence-electron chi connectivity index (χ1n) is 6.43. The van der Waals surface area contributed by atoms with Gasteiger partial charge in [0.2, 0.25) is 5.88 Å². The number of nitrogens with one attached hydrogen (secondary N) is 1. The van der Waals surface area contributed by atoms with E-state index in [1.165, 1.54) is 19.3 Å². The maximum Gasteiger partial charge on any atom is 0.233 e. The van der Waals surface area contributed by atoms with Crippen molar-refractivity contribution in [1.82, 2.24) is 15.5 Å². The number of rotatable bonds is 4. The van der Waals surface area contributed by atoms with Crippen molar-refractivity contribution in [3.63, 3.8) is 0 Å². The maximum absolute atomic E-state index is 5.91. The standard InChI is InChI=1S/C13H21N3O/c1-10-5-3-4-6-12(10)17-13-8-7-11(9-14-2)15-16-13/h7-8,10,12,14H,3-6,9H2,1-2H3. The molecule has 1 N–H and O–H groups in total. The molecule has 0 aromatic carbocycles. The average Bonchev–Trinajstić information content (AvgIpc) is 2.35. The minimum absolute atomic E-state index is 0.313. The lowest BCUT2D eigenvalue weighted by Gasteiger charge is -2.28. The summed E-state index contributed by atoms with van der Waals surface area (Å²) in [5, 5.41) is 11.3. The summed E-state index contributed by atoms with van der Waals surface area (Å²) in [6, 6.07) is 3.88. The molecule has 1 fully saturated rings. The third-order valence-electron chi connectivity index (χ3n) is 3.36. The molecule has 0 saturated heterocycles. The number of ether oxygens (including phenoxy) is 1. The molecule has 1 heterocycles. The predicted octanol–water partition coefficient (Wildman–Crippen LogP) is 2.15. The highest BCUT2D eigenvalue weighted by atomic mass is 16.5. The molecule has 1 aliphatic rings. The van der Waals surface area contributed by atoms with Gasteiger partial charge in [0.05, 0.1) is 5.69 Å². The van der Waals surface area contributed by atoms with Crippen LogP contribution in [0.2, 0.25) is 0 Å². The van der Waals surface area contributed by atoms with Crippen molar-refractivity contribution in [1.29, 1.82) is 0 Å². The van der Waals surface area contributed by atoms with Gasteiger partial charge >= 0.3 is 0 Å². The van der Waals surface area contributed by atoms with E-state index >= 15 is 0 Å². The van der Waals surface area contributed by atoms with Gasteiger partial charge in [-0.2, -0.15) is 5.10 Å². The van der Waals surface area contributed by atoms with Gasteiger partial charge in [0, 0.05) is 12.6 Å². The topological polar surface area (TPSA) is 47.0 Å². The Kier molecular flexibility index (Phi) is 4.31. The van der Waals surface area contributed by atoms with Gasteiger partial charge in [0.25, 0.3) is 0 Å². The normalized spacial score (nSPS) is 24.6. The summed E-state index contributed by atoms with van der Waals surface area (Å²) in [4.78, 5) is 0. The van der Waals surface area contributed by atoms with Crippen LogP contribution in [0.1, 0.15) is 38.3 Å². The maximum atomic E-state index is 5.91. The van der Waals surface area contributed by atoms with Gasteiger partial charge in [0.15, 0.2) is 0 Å². The van der Waals surface area contributed by atoms with Crippen LogP contribution in [-0.4, -0.2) is 23.3 Å². The molecule has 0 spiro atoms. The fraction of sp³-hybridized carbons (Fsp3) is 0.692. The van der Waals surface area contributed by atoms with Crippen molar-refractivity contribution in [2.24, 2.45) is 5.92 Å². The summed E-state index contributed by atoms with van der Waals surface area (Å²) in [5.74, 6) is 1.28. The van der Waals surface area contributed by atoms with Gasteiger partial charge in [-0.3, -0.25) is 0 Å². The molecule has 1 saturated carbocycles. The summed E-state index contributed by atoms with van der Waals surface area (Å²) in [7, 11) is 1.90. The number of aromatic nitrogens is 2. The van der Waals surface area contributed by atoms with Gasteiger partial charge in [-0.15, -0.1) is 5.10 Å². The number of hydrogen-bond donors (Lipinski definition) is 1. The SMILES string of the molecule is CNCc1ccc(OC2CCCCC2C)nn1. The molecule has 1 aromatic heterocycles. The molecule has 0 bridgehead atoms. The van der Waals surface area contributed by atoms with E-state index in [4.69, 9.17) is 4.74 Å². The zero-order valence-corrected chi connectivity index (χ0v) is 10.6. The van der Waals surface area contributed by atoms with E-state index in [0.717, 1.165) is 18.7 Å². The zero-order chi connectivity index (χ0) is 12.1. The summed E-state index contributed by atoms with van der Waals surface area (Å²) in [6.07, 6.45) is 5.30. The van der Waals surface area contributed by atoms with Crippen molar-refractivity contribution in [2.45, 2.75) is 45.3 Å². The Balaban J connectivity index is 1.93. The van der Waals surface area contributed by atoms with Crippen molar-refractivity contribution in [3.05, 3.63) is 17.8 Å². The molecule has 4 nitrogen and oxygen atoms in total. The predicted molar refractivity (Wildman–Crippen MR) is 66.8 cm³/mol. The summed E-state index contributed by atoms with van der Waals surface area (Å²) < 4.78 is 5.91. The molecular formula is C13H21N3O. The number of nitrogens with zero attached hydrogens (tertiary/aromatic N) is 2. The molecule has 1 aliphatic carbocycles. The van der Waals surface area contributed by atoms with Crippen molar-refractivity contribution < 1.29 is 4.74 Å². The summed E-state index contributed by atoms with van der Waals surface area (Å²) >= 11 is 0. The second-order valence-electron chi connectivity index (χ2n) is 4.81. The lowest BCUT2D eigenvalue weighted by atomic mass is 9.88. The van der Waals surface area contributed by atoms with Crippen LogP contribution in [0, 0.1) is 5.92 Å². The molecule has 17 heavy (non-hydrogen) atoms. The largest absolute Gasteiger partial charge is 0.473 e. The van der Waals surface area contributed by atoms with E-state index in [2.05, 4.69) is 22.4 Å². The second kappa shape index (κ2) is 5.96.